The Balaban J connectivity index is 1.35. The van der Waals surface area contributed by atoms with Crippen LogP contribution in [0.25, 0.3) is 0 Å². The van der Waals surface area contributed by atoms with E-state index in [0.29, 0.717) is 11.6 Å². The summed E-state index contributed by atoms with van der Waals surface area (Å²) in [6, 6.07) is 15.0. The van der Waals surface area contributed by atoms with Gasteiger partial charge in [0.05, 0.1) is 4.90 Å². The molecule has 152 valence electrons. The summed E-state index contributed by atoms with van der Waals surface area (Å²) in [7, 11) is -3.48. The third kappa shape index (κ3) is 5.95. The molecule has 0 aliphatic carbocycles. The van der Waals surface area contributed by atoms with E-state index in [1.165, 1.54) is 17.3 Å². The first-order valence-corrected chi connectivity index (χ1v) is 11.6. The van der Waals surface area contributed by atoms with Crippen LogP contribution < -0.4 is 9.62 Å². The van der Waals surface area contributed by atoms with Crippen LogP contribution in [0.2, 0.25) is 5.02 Å². The number of unbranched alkanes of at least 4 members (excludes halogenated alkanes) is 1. The maximum Gasteiger partial charge on any atom is 0.240 e. The van der Waals surface area contributed by atoms with Crippen LogP contribution >= 0.6 is 11.6 Å². The van der Waals surface area contributed by atoms with Crippen molar-refractivity contribution in [2.75, 3.05) is 44.2 Å². The van der Waals surface area contributed by atoms with Crippen molar-refractivity contribution < 1.29 is 8.42 Å². The Morgan fingerprint density at radius 1 is 1.00 bits per heavy atom. The molecule has 1 heterocycles. The van der Waals surface area contributed by atoms with Gasteiger partial charge in [-0.1, -0.05) is 29.8 Å². The number of nitrogens with one attached hydrogen (secondary N) is 1. The number of piperazine rings is 1. The quantitative estimate of drug-likeness (QED) is 0.662. The summed E-state index contributed by atoms with van der Waals surface area (Å²) < 4.78 is 27.2. The molecular formula is C21H28ClN3O2S. The summed E-state index contributed by atoms with van der Waals surface area (Å²) in [5.41, 5.74) is 2.59. The SMILES string of the molecule is Cc1cccc(N2CCN(CCCCNS(=O)(=O)c3cccc(Cl)c3)CC2)c1. The lowest BCUT2D eigenvalue weighted by Gasteiger charge is -2.36. The average Bonchev–Trinajstić information content (AvgIpc) is 2.68. The Bertz CT molecular complexity index is 881. The van der Waals surface area contributed by atoms with Gasteiger partial charge in [-0.25, -0.2) is 13.1 Å². The average molecular weight is 422 g/mol. The van der Waals surface area contributed by atoms with Crippen molar-refractivity contribution in [3.8, 4) is 0 Å². The first kappa shape index (κ1) is 21.1. The van der Waals surface area contributed by atoms with Gasteiger partial charge in [0, 0.05) is 43.4 Å². The molecule has 0 radical (unpaired) electrons. The molecule has 28 heavy (non-hydrogen) atoms. The smallest absolute Gasteiger partial charge is 0.240 e. The molecule has 2 aromatic rings. The van der Waals surface area contributed by atoms with E-state index in [4.69, 9.17) is 11.6 Å². The third-order valence-corrected chi connectivity index (χ3v) is 6.73. The fourth-order valence-electron chi connectivity index (χ4n) is 3.44. The van der Waals surface area contributed by atoms with Crippen LogP contribution in [0.15, 0.2) is 53.4 Å². The Hall–Kier alpha value is -1.60. The molecule has 0 aromatic heterocycles. The van der Waals surface area contributed by atoms with Gasteiger partial charge in [0.15, 0.2) is 0 Å². The van der Waals surface area contributed by atoms with Crippen molar-refractivity contribution in [3.05, 3.63) is 59.1 Å². The summed E-state index contributed by atoms with van der Waals surface area (Å²) in [6.07, 6.45) is 1.79. The lowest BCUT2D eigenvalue weighted by Crippen LogP contribution is -2.46. The largest absolute Gasteiger partial charge is 0.369 e. The molecule has 0 bridgehead atoms. The first-order chi connectivity index (χ1) is 13.4. The number of nitrogens with zero attached hydrogens (tertiary/aromatic N) is 2. The standard InChI is InChI=1S/C21H28ClN3O2S/c1-18-6-4-8-20(16-18)25-14-12-24(13-15-25)11-3-2-10-23-28(26,27)21-9-5-7-19(22)17-21/h4-9,16-17,23H,2-3,10-15H2,1H3. The highest BCUT2D eigenvalue weighted by atomic mass is 35.5. The highest BCUT2D eigenvalue weighted by Crippen LogP contribution is 2.18. The van der Waals surface area contributed by atoms with Crippen LogP contribution in [-0.4, -0.2) is 52.6 Å². The van der Waals surface area contributed by atoms with Crippen molar-refractivity contribution in [3.63, 3.8) is 0 Å². The van der Waals surface area contributed by atoms with Crippen LogP contribution in [0.1, 0.15) is 18.4 Å². The van der Waals surface area contributed by atoms with E-state index in [1.54, 1.807) is 18.2 Å². The maximum absolute atomic E-state index is 12.3. The van der Waals surface area contributed by atoms with Gasteiger partial charge in [0.25, 0.3) is 0 Å². The summed E-state index contributed by atoms with van der Waals surface area (Å²) in [5.74, 6) is 0. The molecule has 2 aromatic carbocycles. The summed E-state index contributed by atoms with van der Waals surface area (Å²) in [5, 5.41) is 0.424. The van der Waals surface area contributed by atoms with Crippen LogP contribution in [0.5, 0.6) is 0 Å². The van der Waals surface area contributed by atoms with E-state index in [0.717, 1.165) is 45.6 Å². The topological polar surface area (TPSA) is 52.6 Å². The molecule has 0 spiro atoms. The zero-order valence-corrected chi connectivity index (χ0v) is 17.8. The number of rotatable bonds is 8. The number of anilines is 1. The zero-order valence-electron chi connectivity index (χ0n) is 16.3. The molecule has 1 fully saturated rings. The van der Waals surface area contributed by atoms with Crippen molar-refractivity contribution in [2.45, 2.75) is 24.7 Å². The number of sulfonamides is 1. The molecule has 7 heteroatoms. The minimum absolute atomic E-state index is 0.215. The second kappa shape index (κ2) is 9.74. The number of aryl methyl sites for hydroxylation is 1. The van der Waals surface area contributed by atoms with Crippen molar-refractivity contribution >= 4 is 27.3 Å². The third-order valence-electron chi connectivity index (χ3n) is 5.04. The number of halogens is 1. The predicted molar refractivity (Wildman–Crippen MR) is 116 cm³/mol. The lowest BCUT2D eigenvalue weighted by molar-refractivity contribution is 0.253. The maximum atomic E-state index is 12.3. The Labute approximate surface area is 173 Å². The molecule has 3 rings (SSSR count). The fraction of sp³-hybridized carbons (Fsp3) is 0.429. The van der Waals surface area contributed by atoms with Crippen LogP contribution in [0.3, 0.4) is 0 Å². The number of hydrogen-bond acceptors (Lipinski definition) is 4. The van der Waals surface area contributed by atoms with E-state index in [1.807, 2.05) is 0 Å². The van der Waals surface area contributed by atoms with E-state index >= 15 is 0 Å². The molecule has 0 amide bonds. The lowest BCUT2D eigenvalue weighted by atomic mass is 10.2. The zero-order chi connectivity index (χ0) is 20.0. The minimum Gasteiger partial charge on any atom is -0.369 e. The molecular weight excluding hydrogens is 394 g/mol. The van der Waals surface area contributed by atoms with Gasteiger partial charge >= 0.3 is 0 Å². The Morgan fingerprint density at radius 3 is 2.46 bits per heavy atom. The van der Waals surface area contributed by atoms with Crippen LogP contribution in [0.4, 0.5) is 5.69 Å². The van der Waals surface area contributed by atoms with Crippen molar-refractivity contribution in [2.24, 2.45) is 0 Å². The normalized spacial score (nSPS) is 15.7. The Morgan fingerprint density at radius 2 is 1.75 bits per heavy atom. The van der Waals surface area contributed by atoms with E-state index in [-0.39, 0.29) is 4.90 Å². The molecule has 1 aliphatic heterocycles. The van der Waals surface area contributed by atoms with Gasteiger partial charge < -0.3 is 4.90 Å². The van der Waals surface area contributed by atoms with Crippen LogP contribution in [0, 0.1) is 6.92 Å². The monoisotopic (exact) mass is 421 g/mol. The summed E-state index contributed by atoms with van der Waals surface area (Å²) in [6.45, 7) is 7.72. The predicted octanol–water partition coefficient (Wildman–Crippen LogP) is 3.53. The highest BCUT2D eigenvalue weighted by molar-refractivity contribution is 7.89. The molecule has 0 atom stereocenters. The Kier molecular flexibility index (Phi) is 7.35. The van der Waals surface area contributed by atoms with Crippen molar-refractivity contribution in [1.82, 2.24) is 9.62 Å². The molecule has 1 N–H and O–H groups in total. The molecule has 5 nitrogen and oxygen atoms in total. The second-order valence-electron chi connectivity index (χ2n) is 7.23. The number of benzene rings is 2. The van der Waals surface area contributed by atoms with Gasteiger partial charge in [-0.15, -0.1) is 0 Å². The van der Waals surface area contributed by atoms with Gasteiger partial charge in [-0.3, -0.25) is 4.90 Å². The molecule has 1 aliphatic rings. The van der Waals surface area contributed by atoms with Crippen molar-refractivity contribution in [1.29, 1.82) is 0 Å². The minimum atomic E-state index is -3.48. The first-order valence-electron chi connectivity index (χ1n) is 9.73. The van der Waals surface area contributed by atoms with Gasteiger partial charge in [-0.05, 0) is 62.2 Å². The van der Waals surface area contributed by atoms with Gasteiger partial charge in [0.1, 0.15) is 0 Å². The van der Waals surface area contributed by atoms with Crippen LogP contribution in [-0.2, 0) is 10.0 Å². The number of hydrogen-bond donors (Lipinski definition) is 1. The highest BCUT2D eigenvalue weighted by Gasteiger charge is 2.17. The summed E-state index contributed by atoms with van der Waals surface area (Å²) in [4.78, 5) is 5.10. The van der Waals surface area contributed by atoms with Gasteiger partial charge in [-0.2, -0.15) is 0 Å². The summed E-state index contributed by atoms with van der Waals surface area (Å²) >= 11 is 5.88. The van der Waals surface area contributed by atoms with E-state index < -0.39 is 10.0 Å². The second-order valence-corrected chi connectivity index (χ2v) is 9.43. The molecule has 0 unspecified atom stereocenters. The van der Waals surface area contributed by atoms with Gasteiger partial charge in [0.2, 0.25) is 10.0 Å². The fourth-order valence-corrected chi connectivity index (χ4v) is 4.81. The van der Waals surface area contributed by atoms with E-state index in [9.17, 15) is 8.42 Å². The molecule has 0 saturated carbocycles. The van der Waals surface area contributed by atoms with E-state index in [2.05, 4.69) is 45.7 Å². The molecule has 1 saturated heterocycles.